The number of rotatable bonds is 3. The minimum Gasteiger partial charge on any atom is -0.318 e. The van der Waals surface area contributed by atoms with Crippen molar-refractivity contribution < 1.29 is 9.59 Å². The van der Waals surface area contributed by atoms with Crippen LogP contribution in [0.5, 0.6) is 0 Å². The van der Waals surface area contributed by atoms with E-state index in [-0.39, 0.29) is 0 Å². The Morgan fingerprint density at radius 3 is 2.40 bits per heavy atom. The third kappa shape index (κ3) is 4.30. The van der Waals surface area contributed by atoms with Gasteiger partial charge in [-0.05, 0) is 35.0 Å². The fourth-order valence-corrected chi connectivity index (χ4v) is 2.56. The van der Waals surface area contributed by atoms with Crippen molar-refractivity contribution in [1.82, 2.24) is 5.43 Å². The smallest absolute Gasteiger partial charge is 0.318 e. The fourth-order valence-electron chi connectivity index (χ4n) is 2.30. The zero-order valence-corrected chi connectivity index (χ0v) is 14.7. The van der Waals surface area contributed by atoms with Crippen molar-refractivity contribution in [3.8, 4) is 0 Å². The van der Waals surface area contributed by atoms with Gasteiger partial charge in [0.1, 0.15) is 0 Å². The highest BCUT2D eigenvalue weighted by molar-refractivity contribution is 9.10. The van der Waals surface area contributed by atoms with Crippen LogP contribution in [0.3, 0.4) is 0 Å². The lowest BCUT2D eigenvalue weighted by Crippen LogP contribution is -2.32. The number of fused-ring (bicyclic) bond motifs is 1. The van der Waals surface area contributed by atoms with Gasteiger partial charge in [0, 0.05) is 15.7 Å². The van der Waals surface area contributed by atoms with Crippen LogP contribution in [-0.2, 0) is 9.59 Å². The summed E-state index contributed by atoms with van der Waals surface area (Å²) in [6, 6.07) is 20.6. The average molecular weight is 396 g/mol. The van der Waals surface area contributed by atoms with E-state index in [1.165, 1.54) is 6.21 Å². The Bertz CT molecular complexity index is 947. The lowest BCUT2D eigenvalue weighted by molar-refractivity contribution is -0.136. The average Bonchev–Trinajstić information content (AvgIpc) is 2.63. The van der Waals surface area contributed by atoms with E-state index in [1.807, 2.05) is 42.5 Å². The summed E-state index contributed by atoms with van der Waals surface area (Å²) in [7, 11) is 0. The van der Waals surface area contributed by atoms with Crippen LogP contribution in [0.1, 0.15) is 5.56 Å². The molecule has 0 aliphatic rings. The molecule has 6 heteroatoms. The molecule has 0 heterocycles. The van der Waals surface area contributed by atoms with Crippen LogP contribution in [0.15, 0.2) is 76.3 Å². The van der Waals surface area contributed by atoms with E-state index in [9.17, 15) is 9.59 Å². The molecule has 0 fully saturated rings. The molecule has 0 aliphatic heterocycles. The lowest BCUT2D eigenvalue weighted by atomic mass is 10.1. The van der Waals surface area contributed by atoms with Crippen LogP contribution < -0.4 is 10.7 Å². The summed E-state index contributed by atoms with van der Waals surface area (Å²) in [4.78, 5) is 23.7. The number of carbonyl (C=O) groups excluding carboxylic acids is 2. The number of nitrogens with zero attached hydrogens (tertiary/aromatic N) is 1. The first-order chi connectivity index (χ1) is 12.1. The highest BCUT2D eigenvalue weighted by Crippen LogP contribution is 2.16. The van der Waals surface area contributed by atoms with Gasteiger partial charge in [0.05, 0.1) is 6.21 Å². The van der Waals surface area contributed by atoms with Gasteiger partial charge in [-0.3, -0.25) is 9.59 Å². The molecule has 0 saturated carbocycles. The Labute approximate surface area is 152 Å². The van der Waals surface area contributed by atoms with Gasteiger partial charge in [-0.25, -0.2) is 5.43 Å². The van der Waals surface area contributed by atoms with Crippen molar-refractivity contribution >= 4 is 50.4 Å². The lowest BCUT2D eigenvalue weighted by Gasteiger charge is -2.04. The maximum atomic E-state index is 11.8. The van der Waals surface area contributed by atoms with Crippen molar-refractivity contribution in [3.05, 3.63) is 76.8 Å². The quantitative estimate of drug-likeness (QED) is 0.403. The van der Waals surface area contributed by atoms with Crippen LogP contribution in [0.4, 0.5) is 5.69 Å². The molecule has 0 saturated heterocycles. The van der Waals surface area contributed by atoms with Gasteiger partial charge in [0.25, 0.3) is 0 Å². The number of anilines is 1. The zero-order chi connectivity index (χ0) is 17.6. The number of nitrogens with one attached hydrogen (secondary N) is 2. The summed E-state index contributed by atoms with van der Waals surface area (Å²) in [6.45, 7) is 0. The van der Waals surface area contributed by atoms with Gasteiger partial charge < -0.3 is 5.32 Å². The first-order valence-corrected chi connectivity index (χ1v) is 8.30. The molecule has 0 spiro atoms. The molecule has 0 aromatic heterocycles. The number of halogens is 1. The number of benzene rings is 3. The third-order valence-electron chi connectivity index (χ3n) is 3.50. The SMILES string of the molecule is O=C(N/N=C\c1cccc2ccccc12)C(=O)Nc1ccc(Br)cc1. The Balaban J connectivity index is 1.64. The zero-order valence-electron chi connectivity index (χ0n) is 13.1. The van der Waals surface area contributed by atoms with Crippen LogP contribution in [-0.4, -0.2) is 18.0 Å². The Morgan fingerprint density at radius 1 is 0.880 bits per heavy atom. The summed E-state index contributed by atoms with van der Waals surface area (Å²) in [5.74, 6) is -1.61. The minimum absolute atomic E-state index is 0.529. The third-order valence-corrected chi connectivity index (χ3v) is 4.03. The monoisotopic (exact) mass is 395 g/mol. The molecule has 0 radical (unpaired) electrons. The van der Waals surface area contributed by atoms with E-state index in [2.05, 4.69) is 31.8 Å². The van der Waals surface area contributed by atoms with E-state index >= 15 is 0 Å². The number of hydrazone groups is 1. The van der Waals surface area contributed by atoms with Crippen molar-refractivity contribution in [2.45, 2.75) is 0 Å². The number of hydrogen-bond acceptors (Lipinski definition) is 3. The van der Waals surface area contributed by atoms with Crippen LogP contribution in [0.2, 0.25) is 0 Å². The molecule has 124 valence electrons. The Hall–Kier alpha value is -2.99. The second-order valence-electron chi connectivity index (χ2n) is 5.23. The first-order valence-electron chi connectivity index (χ1n) is 7.51. The molecule has 3 rings (SSSR count). The van der Waals surface area contributed by atoms with Gasteiger partial charge in [-0.2, -0.15) is 5.10 Å². The highest BCUT2D eigenvalue weighted by atomic mass is 79.9. The van der Waals surface area contributed by atoms with Crippen molar-refractivity contribution in [3.63, 3.8) is 0 Å². The van der Waals surface area contributed by atoms with Crippen molar-refractivity contribution in [2.24, 2.45) is 5.10 Å². The number of amides is 2. The predicted octanol–water partition coefficient (Wildman–Crippen LogP) is 3.69. The molecule has 3 aromatic rings. The summed E-state index contributed by atoms with van der Waals surface area (Å²) >= 11 is 3.30. The van der Waals surface area contributed by atoms with E-state index in [0.717, 1.165) is 20.8 Å². The molecular weight excluding hydrogens is 382 g/mol. The highest BCUT2D eigenvalue weighted by Gasteiger charge is 2.12. The molecule has 0 atom stereocenters. The van der Waals surface area contributed by atoms with Crippen LogP contribution in [0.25, 0.3) is 10.8 Å². The summed E-state index contributed by atoms with van der Waals surface area (Å²) in [6.07, 6.45) is 1.52. The van der Waals surface area contributed by atoms with Crippen molar-refractivity contribution in [2.75, 3.05) is 5.32 Å². The second kappa shape index (κ2) is 7.72. The van der Waals surface area contributed by atoms with Gasteiger partial charge in [0.2, 0.25) is 0 Å². The predicted molar refractivity (Wildman–Crippen MR) is 102 cm³/mol. The minimum atomic E-state index is -0.834. The van der Waals surface area contributed by atoms with Crippen LogP contribution >= 0.6 is 15.9 Å². The topological polar surface area (TPSA) is 70.6 Å². The summed E-state index contributed by atoms with van der Waals surface area (Å²) in [5.41, 5.74) is 3.62. The van der Waals surface area contributed by atoms with Gasteiger partial charge in [0.15, 0.2) is 0 Å². The Morgan fingerprint density at radius 2 is 1.60 bits per heavy atom. The molecule has 5 nitrogen and oxygen atoms in total. The Kier molecular flexibility index (Phi) is 5.20. The van der Waals surface area contributed by atoms with Gasteiger partial charge in [-0.15, -0.1) is 0 Å². The molecule has 2 N–H and O–H groups in total. The number of carbonyl (C=O) groups is 2. The molecule has 25 heavy (non-hydrogen) atoms. The fraction of sp³-hybridized carbons (Fsp3) is 0. The van der Waals surface area contributed by atoms with Gasteiger partial charge >= 0.3 is 11.8 Å². The van der Waals surface area contributed by atoms with E-state index in [0.29, 0.717) is 5.69 Å². The van der Waals surface area contributed by atoms with Gasteiger partial charge in [-0.1, -0.05) is 58.4 Å². The standard InChI is InChI=1S/C19H14BrN3O2/c20-15-8-10-16(11-9-15)22-18(24)19(25)23-21-12-14-6-3-5-13-4-1-2-7-17(13)14/h1-12H,(H,22,24)(H,23,25)/b21-12-. The molecule has 0 aliphatic carbocycles. The van der Waals surface area contributed by atoms with E-state index in [4.69, 9.17) is 0 Å². The molecule has 3 aromatic carbocycles. The van der Waals surface area contributed by atoms with Crippen LogP contribution in [0, 0.1) is 0 Å². The summed E-state index contributed by atoms with van der Waals surface area (Å²) in [5, 5.41) is 8.47. The molecule has 2 amide bonds. The number of hydrogen-bond donors (Lipinski definition) is 2. The summed E-state index contributed by atoms with van der Waals surface area (Å²) < 4.78 is 0.884. The van der Waals surface area contributed by atoms with E-state index < -0.39 is 11.8 Å². The first kappa shape index (κ1) is 16.9. The molecule has 0 bridgehead atoms. The largest absolute Gasteiger partial charge is 0.329 e. The maximum Gasteiger partial charge on any atom is 0.329 e. The van der Waals surface area contributed by atoms with E-state index in [1.54, 1.807) is 24.3 Å². The molecular formula is C19H14BrN3O2. The van der Waals surface area contributed by atoms with Crippen molar-refractivity contribution in [1.29, 1.82) is 0 Å². The normalized spacial score (nSPS) is 10.8. The molecule has 0 unspecified atom stereocenters. The maximum absolute atomic E-state index is 11.8. The second-order valence-corrected chi connectivity index (χ2v) is 6.14.